The van der Waals surface area contributed by atoms with Gasteiger partial charge in [0.2, 0.25) is 0 Å². The van der Waals surface area contributed by atoms with Crippen LogP contribution in [0, 0.1) is 0 Å². The maximum atomic E-state index is 12.1. The molecule has 0 aromatic heterocycles. The van der Waals surface area contributed by atoms with Gasteiger partial charge in [-0.15, -0.1) is 0 Å². The zero-order valence-corrected chi connectivity index (χ0v) is 6.80. The molecular weight excluding hydrogens is 160 g/mol. The Balaban J connectivity index is 2.86. The fourth-order valence-corrected chi connectivity index (χ4v) is 0.945. The summed E-state index contributed by atoms with van der Waals surface area (Å²) in [6, 6.07) is 5.97. The Bertz CT molecular complexity index is 214. The van der Waals surface area contributed by atoms with Crippen LogP contribution in [0.25, 0.3) is 0 Å². The van der Waals surface area contributed by atoms with E-state index in [2.05, 4.69) is 0 Å². The molecule has 0 heterocycles. The predicted molar refractivity (Wildman–Crippen MR) is 44.0 cm³/mol. The molecule has 1 aromatic carbocycles. The fourth-order valence-electron chi connectivity index (χ4n) is 0.945. The van der Waals surface area contributed by atoms with Crippen molar-refractivity contribution in [2.24, 2.45) is 5.73 Å². The number of rotatable bonds is 2. The van der Waals surface area contributed by atoms with Gasteiger partial charge in [-0.3, -0.25) is 0 Å². The van der Waals surface area contributed by atoms with E-state index in [1.165, 1.54) is 12.1 Å². The van der Waals surface area contributed by atoms with E-state index in [4.69, 9.17) is 5.73 Å². The highest BCUT2D eigenvalue weighted by Gasteiger charge is 2.06. The van der Waals surface area contributed by atoms with Crippen molar-refractivity contribution in [3.05, 3.63) is 35.4 Å². The molecule has 1 aromatic rings. The van der Waals surface area contributed by atoms with Gasteiger partial charge in [-0.2, -0.15) is 0 Å². The van der Waals surface area contributed by atoms with Crippen LogP contribution in [0.3, 0.4) is 0 Å². The number of halogens is 2. The molecule has 12 heavy (non-hydrogen) atoms. The largest absolute Gasteiger partial charge is 0.324 e. The molecule has 1 rings (SSSR count). The summed E-state index contributed by atoms with van der Waals surface area (Å²) in [5.41, 5.74) is 6.47. The molecule has 0 saturated carbocycles. The normalized spacial score (nSPS) is 13.4. The summed E-state index contributed by atoms with van der Waals surface area (Å²) in [5, 5.41) is 0. The van der Waals surface area contributed by atoms with Crippen molar-refractivity contribution < 1.29 is 8.78 Å². The summed E-state index contributed by atoms with van der Waals surface area (Å²) < 4.78 is 24.1. The highest BCUT2D eigenvalue weighted by Crippen LogP contribution is 2.20. The smallest absolute Gasteiger partial charge is 0.263 e. The first-order valence-corrected chi connectivity index (χ1v) is 3.75. The molecule has 0 aliphatic heterocycles. The van der Waals surface area contributed by atoms with Crippen LogP contribution < -0.4 is 5.73 Å². The van der Waals surface area contributed by atoms with Gasteiger partial charge in [0.15, 0.2) is 0 Å². The highest BCUT2D eigenvalue weighted by molar-refractivity contribution is 5.24. The van der Waals surface area contributed by atoms with Crippen LogP contribution in [-0.2, 0) is 0 Å². The van der Waals surface area contributed by atoms with Crippen molar-refractivity contribution in [1.82, 2.24) is 0 Å². The fraction of sp³-hybridized carbons (Fsp3) is 0.333. The zero-order chi connectivity index (χ0) is 9.14. The van der Waals surface area contributed by atoms with Gasteiger partial charge in [0.25, 0.3) is 6.43 Å². The lowest BCUT2D eigenvalue weighted by Crippen LogP contribution is -2.04. The molecule has 0 radical (unpaired) electrons. The standard InChI is InChI=1S/C9H11F2N/c1-6(12)7-2-4-8(5-3-7)9(10)11/h2-6,9H,12H2,1H3. The minimum absolute atomic E-state index is 0.0411. The van der Waals surface area contributed by atoms with Crippen LogP contribution in [0.15, 0.2) is 24.3 Å². The number of benzene rings is 1. The second-order valence-electron chi connectivity index (χ2n) is 2.76. The highest BCUT2D eigenvalue weighted by atomic mass is 19.3. The van der Waals surface area contributed by atoms with E-state index in [0.717, 1.165) is 5.56 Å². The summed E-state index contributed by atoms with van der Waals surface area (Å²) in [6.07, 6.45) is -2.40. The number of nitrogens with two attached hydrogens (primary N) is 1. The third-order valence-electron chi connectivity index (χ3n) is 1.71. The van der Waals surface area contributed by atoms with E-state index < -0.39 is 6.43 Å². The zero-order valence-electron chi connectivity index (χ0n) is 6.80. The van der Waals surface area contributed by atoms with Crippen LogP contribution in [0.1, 0.15) is 30.5 Å². The van der Waals surface area contributed by atoms with Gasteiger partial charge < -0.3 is 5.73 Å². The molecule has 66 valence electrons. The lowest BCUT2D eigenvalue weighted by Gasteiger charge is -2.05. The van der Waals surface area contributed by atoms with E-state index in [-0.39, 0.29) is 11.6 Å². The van der Waals surface area contributed by atoms with E-state index >= 15 is 0 Å². The first kappa shape index (κ1) is 9.13. The Kier molecular flexibility index (Phi) is 2.76. The van der Waals surface area contributed by atoms with Gasteiger partial charge in [0.1, 0.15) is 0 Å². The lowest BCUT2D eigenvalue weighted by molar-refractivity contribution is 0.151. The average Bonchev–Trinajstić information content (AvgIpc) is 2.04. The minimum atomic E-state index is -2.40. The van der Waals surface area contributed by atoms with E-state index in [1.807, 2.05) is 6.92 Å². The molecule has 2 N–H and O–H groups in total. The van der Waals surface area contributed by atoms with Gasteiger partial charge >= 0.3 is 0 Å². The van der Waals surface area contributed by atoms with Gasteiger partial charge in [-0.05, 0) is 12.5 Å². The summed E-state index contributed by atoms with van der Waals surface area (Å²) >= 11 is 0. The molecule has 0 bridgehead atoms. The Morgan fingerprint density at radius 2 is 1.50 bits per heavy atom. The lowest BCUT2D eigenvalue weighted by atomic mass is 10.1. The van der Waals surface area contributed by atoms with Crippen molar-refractivity contribution in [2.75, 3.05) is 0 Å². The molecule has 0 spiro atoms. The van der Waals surface area contributed by atoms with Gasteiger partial charge in [0, 0.05) is 11.6 Å². The second-order valence-corrected chi connectivity index (χ2v) is 2.76. The number of alkyl halides is 2. The van der Waals surface area contributed by atoms with Gasteiger partial charge in [-0.1, -0.05) is 24.3 Å². The van der Waals surface area contributed by atoms with E-state index in [1.54, 1.807) is 12.1 Å². The maximum absolute atomic E-state index is 12.1. The molecule has 1 unspecified atom stereocenters. The van der Waals surface area contributed by atoms with Crippen LogP contribution >= 0.6 is 0 Å². The molecule has 0 saturated heterocycles. The van der Waals surface area contributed by atoms with Crippen molar-refractivity contribution in [3.63, 3.8) is 0 Å². The Hall–Kier alpha value is -0.960. The van der Waals surface area contributed by atoms with Crippen LogP contribution in [0.5, 0.6) is 0 Å². The predicted octanol–water partition coefficient (Wildman–Crippen LogP) is 2.64. The van der Waals surface area contributed by atoms with E-state index in [0.29, 0.717) is 0 Å². The molecule has 1 atom stereocenters. The topological polar surface area (TPSA) is 26.0 Å². The SMILES string of the molecule is CC(N)c1ccc(C(F)F)cc1. The van der Waals surface area contributed by atoms with Crippen LogP contribution in [-0.4, -0.2) is 0 Å². The molecule has 1 nitrogen and oxygen atoms in total. The monoisotopic (exact) mass is 171 g/mol. The van der Waals surface area contributed by atoms with Crippen molar-refractivity contribution in [3.8, 4) is 0 Å². The third-order valence-corrected chi connectivity index (χ3v) is 1.71. The Labute approximate surface area is 70.2 Å². The number of hydrogen-bond donors (Lipinski definition) is 1. The Morgan fingerprint density at radius 3 is 1.83 bits per heavy atom. The van der Waals surface area contributed by atoms with Crippen molar-refractivity contribution >= 4 is 0 Å². The molecular formula is C9H11F2N. The first-order valence-electron chi connectivity index (χ1n) is 3.75. The van der Waals surface area contributed by atoms with Crippen LogP contribution in [0.2, 0.25) is 0 Å². The molecule has 0 aliphatic carbocycles. The number of hydrogen-bond acceptors (Lipinski definition) is 1. The summed E-state index contributed by atoms with van der Waals surface area (Å²) in [5.74, 6) is 0. The van der Waals surface area contributed by atoms with Gasteiger partial charge in [0.05, 0.1) is 0 Å². The molecule has 0 aliphatic rings. The molecule has 0 fully saturated rings. The Morgan fingerprint density at radius 1 is 1.08 bits per heavy atom. The quantitative estimate of drug-likeness (QED) is 0.727. The maximum Gasteiger partial charge on any atom is 0.263 e. The average molecular weight is 171 g/mol. The molecule has 3 heteroatoms. The van der Waals surface area contributed by atoms with Gasteiger partial charge in [-0.25, -0.2) is 8.78 Å². The summed E-state index contributed by atoms with van der Waals surface area (Å²) in [4.78, 5) is 0. The third kappa shape index (κ3) is 2.01. The first-order chi connectivity index (χ1) is 5.61. The van der Waals surface area contributed by atoms with E-state index in [9.17, 15) is 8.78 Å². The summed E-state index contributed by atoms with van der Waals surface area (Å²) in [7, 11) is 0. The van der Waals surface area contributed by atoms with Crippen molar-refractivity contribution in [2.45, 2.75) is 19.4 Å². The van der Waals surface area contributed by atoms with Crippen molar-refractivity contribution in [1.29, 1.82) is 0 Å². The molecule has 0 amide bonds. The second kappa shape index (κ2) is 3.63. The minimum Gasteiger partial charge on any atom is -0.324 e. The summed E-state index contributed by atoms with van der Waals surface area (Å²) in [6.45, 7) is 1.82. The van der Waals surface area contributed by atoms with Crippen LogP contribution in [0.4, 0.5) is 8.78 Å².